The van der Waals surface area contributed by atoms with Gasteiger partial charge in [0.05, 0.1) is 36.9 Å². The number of hydrogen-bond acceptors (Lipinski definition) is 5. The van der Waals surface area contributed by atoms with Crippen molar-refractivity contribution in [2.45, 2.75) is 38.8 Å². The van der Waals surface area contributed by atoms with Crippen LogP contribution in [0.25, 0.3) is 0 Å². The zero-order valence-corrected chi connectivity index (χ0v) is 15.9. The number of furan rings is 1. The fraction of sp³-hybridized carbons (Fsp3) is 0.500. The normalized spacial score (nSPS) is 18.2. The molecule has 2 aromatic rings. The highest BCUT2D eigenvalue weighted by Crippen LogP contribution is 2.35. The summed E-state index contributed by atoms with van der Waals surface area (Å²) in [6, 6.07) is 7.73. The number of hydrogen-bond donors (Lipinski definition) is 1. The highest BCUT2D eigenvalue weighted by molar-refractivity contribution is 5.90. The van der Waals surface area contributed by atoms with Gasteiger partial charge in [-0.15, -0.1) is 0 Å². The van der Waals surface area contributed by atoms with Crippen LogP contribution in [0.4, 0.5) is 16.3 Å². The lowest BCUT2D eigenvalue weighted by Crippen LogP contribution is -2.39. The fourth-order valence-electron chi connectivity index (χ4n) is 3.50. The molecule has 7 heteroatoms. The summed E-state index contributed by atoms with van der Waals surface area (Å²) in [6.45, 7) is 7.06. The van der Waals surface area contributed by atoms with Gasteiger partial charge >= 0.3 is 6.03 Å². The van der Waals surface area contributed by atoms with Crippen molar-refractivity contribution < 1.29 is 13.9 Å². The van der Waals surface area contributed by atoms with Crippen LogP contribution in [0, 0.1) is 6.92 Å². The number of nitrogens with one attached hydrogen (secondary N) is 1. The molecular weight excluding hydrogens is 344 g/mol. The molecule has 4 rings (SSSR count). The Hall–Kier alpha value is -2.54. The minimum absolute atomic E-state index is 0.103. The van der Waals surface area contributed by atoms with Gasteiger partial charge in [-0.3, -0.25) is 0 Å². The number of urea groups is 1. The quantitative estimate of drug-likeness (QED) is 0.871. The lowest BCUT2D eigenvalue weighted by atomic mass is 10.2. The maximum absolute atomic E-state index is 13.0. The van der Waals surface area contributed by atoms with Crippen LogP contribution in [0.1, 0.15) is 37.3 Å². The molecule has 1 saturated carbocycles. The standard InChI is InChI=1S/C20H26N4O3/c1-14-17(7-8-19(21-14)23-9-12-26-13-10-23)22-20(25)24(16-5-6-16)15(2)18-4-3-11-27-18/h3-4,7-8,11,15-16H,5-6,9-10,12-13H2,1-2H3,(H,22,25). The van der Waals surface area contributed by atoms with Crippen LogP contribution in [0.2, 0.25) is 0 Å². The second kappa shape index (κ2) is 7.60. The molecule has 1 saturated heterocycles. The molecule has 0 spiro atoms. The van der Waals surface area contributed by atoms with Gasteiger partial charge in [-0.1, -0.05) is 0 Å². The SMILES string of the molecule is Cc1nc(N2CCOCC2)ccc1NC(=O)N(C1CC1)C(C)c1ccco1. The molecular formula is C20H26N4O3. The first-order valence-electron chi connectivity index (χ1n) is 9.56. The molecule has 1 aliphatic heterocycles. The highest BCUT2D eigenvalue weighted by Gasteiger charge is 2.37. The van der Waals surface area contributed by atoms with Crippen molar-refractivity contribution in [2.75, 3.05) is 36.5 Å². The van der Waals surface area contributed by atoms with E-state index in [0.717, 1.165) is 62.1 Å². The molecule has 1 aliphatic carbocycles. The van der Waals surface area contributed by atoms with Gasteiger partial charge in [-0.2, -0.15) is 0 Å². The third-order valence-corrected chi connectivity index (χ3v) is 5.19. The number of amides is 2. The van der Waals surface area contributed by atoms with Crippen LogP contribution in [0.15, 0.2) is 34.9 Å². The summed E-state index contributed by atoms with van der Waals surface area (Å²) in [5.74, 6) is 1.73. The Morgan fingerprint density at radius 2 is 2.07 bits per heavy atom. The zero-order chi connectivity index (χ0) is 18.8. The molecule has 2 fully saturated rings. The summed E-state index contributed by atoms with van der Waals surface area (Å²) in [4.78, 5) is 21.8. The smallest absolute Gasteiger partial charge is 0.322 e. The average molecular weight is 370 g/mol. The van der Waals surface area contributed by atoms with E-state index in [0.29, 0.717) is 0 Å². The minimum atomic E-state index is -0.106. The number of aryl methyl sites for hydroxylation is 1. The molecule has 0 aromatic carbocycles. The van der Waals surface area contributed by atoms with E-state index >= 15 is 0 Å². The van der Waals surface area contributed by atoms with Crippen molar-refractivity contribution in [1.82, 2.24) is 9.88 Å². The Kier molecular flexibility index (Phi) is 5.03. The molecule has 1 unspecified atom stereocenters. The van der Waals surface area contributed by atoms with Crippen LogP contribution in [0.5, 0.6) is 0 Å². The molecule has 3 heterocycles. The summed E-state index contributed by atoms with van der Waals surface area (Å²) in [5.41, 5.74) is 1.56. The summed E-state index contributed by atoms with van der Waals surface area (Å²) < 4.78 is 10.9. The Morgan fingerprint density at radius 3 is 2.70 bits per heavy atom. The van der Waals surface area contributed by atoms with Crippen molar-refractivity contribution in [2.24, 2.45) is 0 Å². The second-order valence-corrected chi connectivity index (χ2v) is 7.16. The molecule has 2 aromatic heterocycles. The van der Waals surface area contributed by atoms with Gasteiger partial charge < -0.3 is 24.3 Å². The number of morpholine rings is 1. The number of rotatable bonds is 5. The monoisotopic (exact) mass is 370 g/mol. The molecule has 1 atom stereocenters. The number of ether oxygens (including phenoxy) is 1. The van der Waals surface area contributed by atoms with Crippen LogP contribution in [-0.4, -0.2) is 48.3 Å². The summed E-state index contributed by atoms with van der Waals surface area (Å²) in [6.07, 6.45) is 3.71. The van der Waals surface area contributed by atoms with E-state index in [9.17, 15) is 4.79 Å². The second-order valence-electron chi connectivity index (χ2n) is 7.16. The van der Waals surface area contributed by atoms with E-state index in [2.05, 4.69) is 15.2 Å². The van der Waals surface area contributed by atoms with E-state index in [4.69, 9.17) is 9.15 Å². The van der Waals surface area contributed by atoms with Gasteiger partial charge in [0.2, 0.25) is 0 Å². The maximum atomic E-state index is 13.0. The Labute approximate surface area is 159 Å². The van der Waals surface area contributed by atoms with E-state index in [1.54, 1.807) is 6.26 Å². The zero-order valence-electron chi connectivity index (χ0n) is 15.9. The number of carbonyl (C=O) groups excluding carboxylic acids is 1. The fourth-order valence-corrected chi connectivity index (χ4v) is 3.50. The first kappa shape index (κ1) is 17.9. The molecule has 2 aliphatic rings. The number of pyridine rings is 1. The van der Waals surface area contributed by atoms with Crippen molar-refractivity contribution in [1.29, 1.82) is 0 Å². The minimum Gasteiger partial charge on any atom is -0.467 e. The Bertz CT molecular complexity index is 783. The average Bonchev–Trinajstić information content (AvgIpc) is 3.35. The third kappa shape index (κ3) is 3.93. The highest BCUT2D eigenvalue weighted by atomic mass is 16.5. The van der Waals surface area contributed by atoms with Gasteiger partial charge in [-0.05, 0) is 51.0 Å². The molecule has 2 amide bonds. The largest absolute Gasteiger partial charge is 0.467 e. The number of anilines is 2. The van der Waals surface area contributed by atoms with Crippen LogP contribution < -0.4 is 10.2 Å². The van der Waals surface area contributed by atoms with E-state index in [1.165, 1.54) is 0 Å². The maximum Gasteiger partial charge on any atom is 0.322 e. The first-order chi connectivity index (χ1) is 13.1. The molecule has 144 valence electrons. The first-order valence-corrected chi connectivity index (χ1v) is 9.56. The lowest BCUT2D eigenvalue weighted by molar-refractivity contribution is 0.122. The molecule has 0 bridgehead atoms. The van der Waals surface area contributed by atoms with Crippen LogP contribution >= 0.6 is 0 Å². The van der Waals surface area contributed by atoms with E-state index < -0.39 is 0 Å². The predicted octanol–water partition coefficient (Wildman–Crippen LogP) is 3.58. The van der Waals surface area contributed by atoms with Crippen molar-refractivity contribution in [3.8, 4) is 0 Å². The number of carbonyl (C=O) groups is 1. The van der Waals surface area contributed by atoms with Crippen LogP contribution in [0.3, 0.4) is 0 Å². The Balaban J connectivity index is 1.47. The predicted molar refractivity (Wildman–Crippen MR) is 103 cm³/mol. The van der Waals surface area contributed by atoms with Gasteiger partial charge in [0, 0.05) is 19.1 Å². The number of nitrogens with zero attached hydrogens (tertiary/aromatic N) is 3. The molecule has 27 heavy (non-hydrogen) atoms. The molecule has 7 nitrogen and oxygen atoms in total. The van der Waals surface area contributed by atoms with Crippen molar-refractivity contribution in [3.05, 3.63) is 42.0 Å². The summed E-state index contributed by atoms with van der Waals surface area (Å²) >= 11 is 0. The van der Waals surface area contributed by atoms with E-state index in [1.807, 2.05) is 43.0 Å². The van der Waals surface area contributed by atoms with Gasteiger partial charge in [0.15, 0.2) is 0 Å². The van der Waals surface area contributed by atoms with Gasteiger partial charge in [0.1, 0.15) is 11.6 Å². The van der Waals surface area contributed by atoms with E-state index in [-0.39, 0.29) is 18.1 Å². The van der Waals surface area contributed by atoms with Crippen molar-refractivity contribution >= 4 is 17.5 Å². The summed E-state index contributed by atoms with van der Waals surface area (Å²) in [7, 11) is 0. The van der Waals surface area contributed by atoms with Gasteiger partial charge in [-0.25, -0.2) is 9.78 Å². The number of aromatic nitrogens is 1. The molecule has 0 radical (unpaired) electrons. The third-order valence-electron chi connectivity index (χ3n) is 5.19. The summed E-state index contributed by atoms with van der Waals surface area (Å²) in [5, 5.41) is 3.04. The van der Waals surface area contributed by atoms with Gasteiger partial charge in [0.25, 0.3) is 0 Å². The van der Waals surface area contributed by atoms with Crippen molar-refractivity contribution in [3.63, 3.8) is 0 Å². The van der Waals surface area contributed by atoms with Crippen LogP contribution in [-0.2, 0) is 4.74 Å². The molecule has 1 N–H and O–H groups in total. The topological polar surface area (TPSA) is 70.8 Å². The Morgan fingerprint density at radius 1 is 1.30 bits per heavy atom. The lowest BCUT2D eigenvalue weighted by Gasteiger charge is -2.29.